The van der Waals surface area contributed by atoms with Crippen molar-refractivity contribution in [2.75, 3.05) is 31.5 Å². The smallest absolute Gasteiger partial charge is 0.256 e. The van der Waals surface area contributed by atoms with Gasteiger partial charge in [0, 0.05) is 45.5 Å². The van der Waals surface area contributed by atoms with E-state index < -0.39 is 0 Å². The van der Waals surface area contributed by atoms with Gasteiger partial charge in [0.05, 0.1) is 5.39 Å². The number of nitrogens with one attached hydrogen (secondary N) is 2. The van der Waals surface area contributed by atoms with Crippen LogP contribution in [-0.4, -0.2) is 36.1 Å². The van der Waals surface area contributed by atoms with Gasteiger partial charge >= 0.3 is 0 Å². The van der Waals surface area contributed by atoms with Crippen LogP contribution in [0.1, 0.15) is 12.8 Å². The molecule has 0 atom stereocenters. The molecule has 0 spiro atoms. The monoisotopic (exact) mass is 457 g/mol. The molecule has 0 aliphatic carbocycles. The largest absolute Gasteiger partial charge is 0.457 e. The highest BCUT2D eigenvalue weighted by Crippen LogP contribution is 2.30. The van der Waals surface area contributed by atoms with Gasteiger partial charge in [-0.15, -0.1) is 0 Å². The highest BCUT2D eigenvalue weighted by atomic mass is 35.5. The number of hydrogen-bond acceptors (Lipinski definition) is 4. The second-order valence-corrected chi connectivity index (χ2v) is 9.15. The van der Waals surface area contributed by atoms with Crippen molar-refractivity contribution in [3.8, 4) is 0 Å². The summed E-state index contributed by atoms with van der Waals surface area (Å²) >= 11 is 6.69. The summed E-state index contributed by atoms with van der Waals surface area (Å²) in [5.74, 6) is 0. The lowest BCUT2D eigenvalue weighted by Gasteiger charge is -2.16. The normalized spacial score (nSPS) is 14.6. The van der Waals surface area contributed by atoms with Crippen LogP contribution in [0.4, 0.5) is 5.69 Å². The minimum absolute atomic E-state index is 0.119. The van der Waals surface area contributed by atoms with E-state index in [4.69, 9.17) is 16.0 Å². The number of aromatic nitrogens is 1. The number of hydrogen-bond donors (Lipinski definition) is 2. The lowest BCUT2D eigenvalue weighted by Crippen LogP contribution is -2.25. The third kappa shape index (κ3) is 3.88. The molecule has 1 aliphatic rings. The van der Waals surface area contributed by atoms with Crippen LogP contribution in [0.3, 0.4) is 0 Å². The quantitative estimate of drug-likeness (QED) is 0.332. The molecular weight excluding hydrogens is 434 g/mol. The number of fused-ring (bicyclic) bond motifs is 6. The molecule has 2 N–H and O–H groups in total. The Kier molecular flexibility index (Phi) is 5.08. The van der Waals surface area contributed by atoms with E-state index in [1.54, 1.807) is 0 Å². The molecule has 1 aliphatic heterocycles. The number of anilines is 1. The Bertz CT molecular complexity index is 1600. The summed E-state index contributed by atoms with van der Waals surface area (Å²) in [6, 6.07) is 19.7. The second-order valence-electron chi connectivity index (χ2n) is 8.75. The van der Waals surface area contributed by atoms with Gasteiger partial charge in [0.25, 0.3) is 5.56 Å². The highest BCUT2D eigenvalue weighted by molar-refractivity contribution is 6.35. The maximum Gasteiger partial charge on any atom is 0.256 e. The van der Waals surface area contributed by atoms with E-state index in [0.29, 0.717) is 16.0 Å². The first-order valence-electron chi connectivity index (χ1n) is 11.4. The fraction of sp³-hybridized carbons (Fsp3) is 0.222. The second kappa shape index (κ2) is 8.25. The summed E-state index contributed by atoms with van der Waals surface area (Å²) in [6.45, 7) is 4.15. The van der Waals surface area contributed by atoms with E-state index in [0.717, 1.165) is 51.4 Å². The van der Waals surface area contributed by atoms with Crippen LogP contribution in [0.5, 0.6) is 0 Å². The molecule has 33 heavy (non-hydrogen) atoms. The van der Waals surface area contributed by atoms with Crippen molar-refractivity contribution in [3.05, 3.63) is 76.0 Å². The summed E-state index contributed by atoms with van der Waals surface area (Å²) in [5, 5.41) is 8.66. The fourth-order valence-corrected chi connectivity index (χ4v) is 5.02. The van der Waals surface area contributed by atoms with E-state index in [1.165, 1.54) is 25.9 Å². The van der Waals surface area contributed by atoms with Gasteiger partial charge in [0.1, 0.15) is 11.2 Å². The van der Waals surface area contributed by atoms with E-state index in [9.17, 15) is 4.79 Å². The first-order valence-corrected chi connectivity index (χ1v) is 11.8. The fourth-order valence-electron chi connectivity index (χ4n) is 4.80. The number of aromatic amines is 1. The molecule has 0 unspecified atom stereocenters. The molecule has 0 saturated carbocycles. The zero-order chi connectivity index (χ0) is 22.4. The Labute approximate surface area is 195 Å². The molecule has 1 fully saturated rings. The number of rotatable bonds is 4. The molecule has 4 heterocycles. The Morgan fingerprint density at radius 2 is 1.82 bits per heavy atom. The number of halogens is 1. The minimum Gasteiger partial charge on any atom is -0.457 e. The summed E-state index contributed by atoms with van der Waals surface area (Å²) < 4.78 is 6.09. The third-order valence-corrected chi connectivity index (χ3v) is 6.86. The number of H-pyrrole nitrogens is 1. The molecule has 6 heteroatoms. The molecule has 6 rings (SSSR count). The summed E-state index contributed by atoms with van der Waals surface area (Å²) in [5.41, 5.74) is 3.02. The molecule has 5 nitrogen and oxygen atoms in total. The highest BCUT2D eigenvalue weighted by Gasteiger charge is 2.11. The molecule has 0 radical (unpaired) electrons. The molecule has 2 aromatic carbocycles. The lowest BCUT2D eigenvalue weighted by atomic mass is 10.1. The van der Waals surface area contributed by atoms with Crippen LogP contribution in [0.2, 0.25) is 5.02 Å². The number of benzene rings is 2. The first kappa shape index (κ1) is 20.3. The van der Waals surface area contributed by atoms with Gasteiger partial charge in [-0.25, -0.2) is 0 Å². The zero-order valence-corrected chi connectivity index (χ0v) is 18.9. The van der Waals surface area contributed by atoms with E-state index >= 15 is 0 Å². The Balaban J connectivity index is 1.62. The van der Waals surface area contributed by atoms with Crippen LogP contribution in [0, 0.1) is 0 Å². The van der Waals surface area contributed by atoms with Crippen LogP contribution in [-0.2, 0) is 0 Å². The average molecular weight is 458 g/mol. The van der Waals surface area contributed by atoms with Gasteiger partial charge in [-0.3, -0.25) is 4.79 Å². The molecule has 166 valence electrons. The van der Waals surface area contributed by atoms with Gasteiger partial charge in [-0.2, -0.15) is 0 Å². The Morgan fingerprint density at radius 1 is 0.939 bits per heavy atom. The lowest BCUT2D eigenvalue weighted by molar-refractivity contribution is 0.353. The predicted molar refractivity (Wildman–Crippen MR) is 137 cm³/mol. The van der Waals surface area contributed by atoms with Gasteiger partial charge in [0.2, 0.25) is 0 Å². The molecule has 6 bridgehead atoms. The van der Waals surface area contributed by atoms with Crippen molar-refractivity contribution in [1.82, 2.24) is 9.88 Å². The van der Waals surface area contributed by atoms with Crippen molar-refractivity contribution in [2.45, 2.75) is 12.8 Å². The Hall–Kier alpha value is -3.28. The van der Waals surface area contributed by atoms with Gasteiger partial charge in [-0.05, 0) is 85.9 Å². The SMILES string of the molecule is O=c1[nH]c2ccc3cc(NCCN4CCCC4)c4cc(ccc4Cl)c4ccc(cc1c2c3)o4. The van der Waals surface area contributed by atoms with Crippen LogP contribution < -0.4 is 10.9 Å². The van der Waals surface area contributed by atoms with Gasteiger partial charge in [-0.1, -0.05) is 17.7 Å². The molecule has 5 aromatic rings. The Morgan fingerprint density at radius 3 is 2.70 bits per heavy atom. The van der Waals surface area contributed by atoms with Crippen LogP contribution in [0.15, 0.2) is 69.9 Å². The molecule has 1 saturated heterocycles. The number of likely N-dealkylation sites (tertiary alicyclic amines) is 1. The minimum atomic E-state index is -0.119. The average Bonchev–Trinajstić information content (AvgIpc) is 3.55. The van der Waals surface area contributed by atoms with Crippen molar-refractivity contribution < 1.29 is 4.42 Å². The standard InChI is InChI=1S/C27H24ClN3O2/c28-23-6-4-18-15-22(23)25(29-9-12-31-10-1-2-11-31)14-17-3-7-24-20(13-17)21(27(32)30-24)16-19-5-8-26(18)33-19/h3-8,13-16,29H,1-2,9-12H2,(H,30,32). The van der Waals surface area contributed by atoms with Gasteiger partial charge < -0.3 is 19.6 Å². The summed E-state index contributed by atoms with van der Waals surface area (Å²) in [6.07, 6.45) is 2.55. The van der Waals surface area contributed by atoms with Crippen LogP contribution in [0.25, 0.3) is 43.6 Å². The predicted octanol–water partition coefficient (Wildman–Crippen LogP) is 6.30. The topological polar surface area (TPSA) is 61.3 Å². The number of nitrogens with zero attached hydrogens (tertiary/aromatic N) is 1. The molecular formula is C27H24ClN3O2. The molecule has 3 aromatic heterocycles. The third-order valence-electron chi connectivity index (χ3n) is 6.53. The molecule has 0 amide bonds. The van der Waals surface area contributed by atoms with Crippen molar-refractivity contribution in [2.24, 2.45) is 0 Å². The zero-order valence-electron chi connectivity index (χ0n) is 18.2. The van der Waals surface area contributed by atoms with Crippen molar-refractivity contribution >= 4 is 60.9 Å². The summed E-state index contributed by atoms with van der Waals surface area (Å²) in [4.78, 5) is 18.1. The summed E-state index contributed by atoms with van der Waals surface area (Å²) in [7, 11) is 0. The van der Waals surface area contributed by atoms with Crippen molar-refractivity contribution in [3.63, 3.8) is 0 Å². The maximum absolute atomic E-state index is 12.6. The van der Waals surface area contributed by atoms with Crippen LogP contribution >= 0.6 is 11.6 Å². The van der Waals surface area contributed by atoms with Crippen molar-refractivity contribution in [1.29, 1.82) is 0 Å². The van der Waals surface area contributed by atoms with E-state index in [2.05, 4.69) is 27.3 Å². The van der Waals surface area contributed by atoms with E-state index in [-0.39, 0.29) is 5.56 Å². The maximum atomic E-state index is 12.6. The number of furan rings is 1. The van der Waals surface area contributed by atoms with Gasteiger partial charge in [0.15, 0.2) is 0 Å². The van der Waals surface area contributed by atoms with E-state index in [1.807, 2.05) is 48.5 Å². The first-order chi connectivity index (χ1) is 16.1.